The van der Waals surface area contributed by atoms with Crippen molar-refractivity contribution in [2.75, 3.05) is 30.6 Å². The van der Waals surface area contributed by atoms with Crippen molar-refractivity contribution in [3.8, 4) is 0 Å². The van der Waals surface area contributed by atoms with Crippen LogP contribution in [0.4, 0.5) is 11.4 Å². The van der Waals surface area contributed by atoms with Crippen LogP contribution in [0.15, 0.2) is 58.7 Å². The number of hydrazone groups is 2. The van der Waals surface area contributed by atoms with Crippen LogP contribution in [0.5, 0.6) is 0 Å². The number of benzene rings is 2. The van der Waals surface area contributed by atoms with Gasteiger partial charge in [-0.15, -0.1) is 10.5 Å². The highest BCUT2D eigenvalue weighted by Crippen LogP contribution is 2.12. The van der Waals surface area contributed by atoms with Crippen LogP contribution in [0.25, 0.3) is 0 Å². The molecule has 0 aliphatic heterocycles. The Hall–Kier alpha value is -3.18. The van der Waals surface area contributed by atoms with Gasteiger partial charge in [0, 0.05) is 7.05 Å². The van der Waals surface area contributed by atoms with E-state index in [4.69, 9.17) is 20.8 Å². The maximum atomic E-state index is 9.00. The van der Waals surface area contributed by atoms with E-state index in [9.17, 15) is 0 Å². The summed E-state index contributed by atoms with van der Waals surface area (Å²) < 4.78 is 0. The summed E-state index contributed by atoms with van der Waals surface area (Å²) in [6.07, 6.45) is 3.18. The first-order chi connectivity index (χ1) is 13.0. The van der Waals surface area contributed by atoms with E-state index in [-0.39, 0.29) is 21.8 Å². The Kier molecular flexibility index (Phi) is 7.52. The molecule has 2 aromatic rings. The molecule has 2 rings (SSSR count). The Morgan fingerprint density at radius 3 is 2.00 bits per heavy atom. The van der Waals surface area contributed by atoms with E-state index in [2.05, 4.69) is 15.6 Å². The third-order valence-electron chi connectivity index (χ3n) is 3.46. The number of nitrogens with one attached hydrogen (secondary N) is 1. The number of anilines is 2. The molecule has 0 heterocycles. The van der Waals surface area contributed by atoms with Crippen molar-refractivity contribution < 1.29 is 20.8 Å². The summed E-state index contributed by atoms with van der Waals surface area (Å²) in [4.78, 5) is 0. The largest absolute Gasteiger partial charge is 0.308 e. The Bertz CT molecular complexity index is 782. The molecule has 0 aromatic heterocycles. The maximum Gasteiger partial charge on any atom is 0.0949 e. The average molecular weight is 374 g/mol. The smallest absolute Gasteiger partial charge is 0.0949 e. The maximum absolute atomic E-state index is 9.00. The van der Waals surface area contributed by atoms with Crippen LogP contribution >= 0.6 is 0 Å². The second-order valence-corrected chi connectivity index (χ2v) is 5.56. The molecule has 0 aliphatic carbocycles. The topological polar surface area (TPSA) is 127 Å². The lowest BCUT2D eigenvalue weighted by Crippen LogP contribution is -2.23. The monoisotopic (exact) mass is 374 g/mol. The molecule has 144 valence electrons. The lowest BCUT2D eigenvalue weighted by atomic mass is 10.2. The molecule has 0 bridgehead atoms. The van der Waals surface area contributed by atoms with E-state index < -0.39 is 0 Å². The van der Waals surface area contributed by atoms with E-state index >= 15 is 0 Å². The fraction of sp³-hybridized carbons (Fsp3) is 0.176. The quantitative estimate of drug-likeness (QED) is 0.255. The standard InChI is InChI=1S/C17H22N6O4/c1-21(20-13-15-5-3-7-17(11-15)23(26)27)9-8-18-19-12-14-4-2-6-16(10-14)22(24)25/h2-7,10-13,18,24-27H,8-9H2,1H3/b19-12+,20-13+. The molecule has 0 amide bonds. The van der Waals surface area contributed by atoms with E-state index in [1.807, 2.05) is 0 Å². The highest BCUT2D eigenvalue weighted by molar-refractivity contribution is 5.81. The Balaban J connectivity index is 1.76. The van der Waals surface area contributed by atoms with E-state index in [0.717, 1.165) is 5.56 Å². The Labute approximate surface area is 156 Å². The van der Waals surface area contributed by atoms with Gasteiger partial charge in [0.1, 0.15) is 0 Å². The second-order valence-electron chi connectivity index (χ2n) is 5.56. The normalized spacial score (nSPS) is 11.1. The van der Waals surface area contributed by atoms with Crippen LogP contribution in [0, 0.1) is 0 Å². The van der Waals surface area contributed by atoms with Crippen LogP contribution < -0.4 is 15.9 Å². The third-order valence-corrected chi connectivity index (χ3v) is 3.46. The van der Waals surface area contributed by atoms with Gasteiger partial charge < -0.3 is 5.43 Å². The highest BCUT2D eigenvalue weighted by atomic mass is 16.8. The highest BCUT2D eigenvalue weighted by Gasteiger charge is 2.00. The summed E-state index contributed by atoms with van der Waals surface area (Å²) in [6.45, 7) is 1.12. The minimum absolute atomic E-state index is 0.0477. The summed E-state index contributed by atoms with van der Waals surface area (Å²) in [5.74, 6) is 0. The lowest BCUT2D eigenvalue weighted by Gasteiger charge is -2.12. The van der Waals surface area contributed by atoms with Gasteiger partial charge in [0.15, 0.2) is 0 Å². The Morgan fingerprint density at radius 1 is 0.889 bits per heavy atom. The molecule has 0 radical (unpaired) electrons. The molecule has 0 saturated heterocycles. The van der Waals surface area contributed by atoms with Crippen molar-refractivity contribution >= 4 is 23.8 Å². The molecule has 10 heteroatoms. The van der Waals surface area contributed by atoms with E-state index in [1.165, 1.54) is 0 Å². The fourth-order valence-electron chi connectivity index (χ4n) is 2.08. The van der Waals surface area contributed by atoms with E-state index in [0.29, 0.717) is 18.7 Å². The number of hydrogen-bond acceptors (Lipinski definition) is 10. The number of hydrogen-bond donors (Lipinski definition) is 5. The predicted octanol–water partition coefficient (Wildman–Crippen LogP) is 1.75. The van der Waals surface area contributed by atoms with Crippen molar-refractivity contribution in [1.29, 1.82) is 0 Å². The van der Waals surface area contributed by atoms with Crippen molar-refractivity contribution in [2.24, 2.45) is 10.2 Å². The average Bonchev–Trinajstić information content (AvgIpc) is 2.66. The molecule has 10 nitrogen and oxygen atoms in total. The summed E-state index contributed by atoms with van der Waals surface area (Å²) >= 11 is 0. The van der Waals surface area contributed by atoms with Crippen LogP contribution in [-0.4, -0.2) is 58.4 Å². The zero-order valence-corrected chi connectivity index (χ0v) is 14.7. The lowest BCUT2D eigenvalue weighted by molar-refractivity contribution is 0.0285. The van der Waals surface area contributed by atoms with Crippen LogP contribution in [0.2, 0.25) is 0 Å². The van der Waals surface area contributed by atoms with Gasteiger partial charge in [-0.25, -0.2) is 0 Å². The predicted molar refractivity (Wildman–Crippen MR) is 101 cm³/mol. The SMILES string of the molecule is CN(CCN/N=C/c1cccc(N(O)O)c1)/N=C/c1cccc(N(O)O)c1. The van der Waals surface area contributed by atoms with Gasteiger partial charge in [0.2, 0.25) is 0 Å². The molecule has 0 spiro atoms. The molecule has 0 unspecified atom stereocenters. The number of rotatable bonds is 9. The van der Waals surface area contributed by atoms with Crippen LogP contribution in [0.3, 0.4) is 0 Å². The summed E-state index contributed by atoms with van der Waals surface area (Å²) in [6, 6.07) is 13.2. The van der Waals surface area contributed by atoms with Gasteiger partial charge in [-0.1, -0.05) is 24.3 Å². The van der Waals surface area contributed by atoms with Crippen LogP contribution in [0.1, 0.15) is 11.1 Å². The van der Waals surface area contributed by atoms with Crippen LogP contribution in [-0.2, 0) is 0 Å². The zero-order valence-electron chi connectivity index (χ0n) is 14.7. The molecular weight excluding hydrogens is 352 g/mol. The first-order valence-corrected chi connectivity index (χ1v) is 8.02. The van der Waals surface area contributed by atoms with Gasteiger partial charge in [-0.2, -0.15) is 10.2 Å². The van der Waals surface area contributed by atoms with Gasteiger partial charge in [-0.05, 0) is 35.4 Å². The van der Waals surface area contributed by atoms with Gasteiger partial charge >= 0.3 is 0 Å². The number of likely N-dealkylation sites (N-methyl/N-ethyl adjacent to an activating group) is 1. The minimum atomic E-state index is 0.0477. The molecule has 0 atom stereocenters. The summed E-state index contributed by atoms with van der Waals surface area (Å²) in [5.41, 5.74) is 4.79. The molecular formula is C17H22N6O4. The van der Waals surface area contributed by atoms with Crippen molar-refractivity contribution in [2.45, 2.75) is 0 Å². The number of nitrogens with zero attached hydrogens (tertiary/aromatic N) is 5. The zero-order chi connectivity index (χ0) is 19.6. The molecule has 0 saturated carbocycles. The molecule has 5 N–H and O–H groups in total. The summed E-state index contributed by atoms with van der Waals surface area (Å²) in [7, 11) is 1.80. The second kappa shape index (κ2) is 10.1. The van der Waals surface area contributed by atoms with Crippen molar-refractivity contribution in [1.82, 2.24) is 10.4 Å². The third kappa shape index (κ3) is 6.92. The van der Waals surface area contributed by atoms with Crippen molar-refractivity contribution in [3.05, 3.63) is 59.7 Å². The summed E-state index contributed by atoms with van der Waals surface area (Å²) in [5, 5.41) is 46.1. The first-order valence-electron chi connectivity index (χ1n) is 8.02. The molecule has 27 heavy (non-hydrogen) atoms. The molecule has 0 aliphatic rings. The minimum Gasteiger partial charge on any atom is -0.308 e. The molecule has 2 aromatic carbocycles. The van der Waals surface area contributed by atoms with Gasteiger partial charge in [0.05, 0.1) is 36.9 Å². The van der Waals surface area contributed by atoms with Gasteiger partial charge in [0.25, 0.3) is 0 Å². The van der Waals surface area contributed by atoms with E-state index in [1.54, 1.807) is 73.0 Å². The Morgan fingerprint density at radius 2 is 1.44 bits per heavy atom. The fourth-order valence-corrected chi connectivity index (χ4v) is 2.08. The van der Waals surface area contributed by atoms with Crippen molar-refractivity contribution in [3.63, 3.8) is 0 Å². The molecule has 0 fully saturated rings. The first kappa shape index (κ1) is 20.1. The van der Waals surface area contributed by atoms with Gasteiger partial charge in [-0.3, -0.25) is 25.8 Å².